The molecule has 0 aromatic carbocycles. The third-order valence-corrected chi connectivity index (χ3v) is 5.98. The second kappa shape index (κ2) is 4.56. The third-order valence-electron chi connectivity index (χ3n) is 4.21. The maximum atomic E-state index is 11.5. The fourth-order valence-corrected chi connectivity index (χ4v) is 4.73. The average molecular weight is 285 g/mol. The van der Waals surface area contributed by atoms with Crippen molar-refractivity contribution in [1.82, 2.24) is 10.1 Å². The lowest BCUT2D eigenvalue weighted by Gasteiger charge is -2.29. The van der Waals surface area contributed by atoms with E-state index in [1.165, 1.54) is 6.42 Å². The molecule has 2 fully saturated rings. The lowest BCUT2D eigenvalue weighted by molar-refractivity contribution is 0.272. The SMILES string of the molecule is NC1(c2noc(C3CCS(=O)(=O)C3)n2)CCCCC1. The molecule has 7 heteroatoms. The number of aromatic nitrogens is 2. The quantitative estimate of drug-likeness (QED) is 0.873. The molecule has 2 heterocycles. The molecule has 1 aromatic heterocycles. The maximum absolute atomic E-state index is 11.5. The highest BCUT2D eigenvalue weighted by atomic mass is 32.2. The van der Waals surface area contributed by atoms with Gasteiger partial charge in [-0.3, -0.25) is 0 Å². The van der Waals surface area contributed by atoms with Crippen molar-refractivity contribution in [2.45, 2.75) is 50.0 Å². The van der Waals surface area contributed by atoms with Gasteiger partial charge in [-0.25, -0.2) is 8.42 Å². The van der Waals surface area contributed by atoms with Crippen molar-refractivity contribution in [2.75, 3.05) is 11.5 Å². The van der Waals surface area contributed by atoms with Gasteiger partial charge in [0.1, 0.15) is 0 Å². The van der Waals surface area contributed by atoms with Gasteiger partial charge in [0.2, 0.25) is 5.89 Å². The van der Waals surface area contributed by atoms with Crippen LogP contribution in [0.1, 0.15) is 56.2 Å². The van der Waals surface area contributed by atoms with Gasteiger partial charge >= 0.3 is 0 Å². The predicted octanol–water partition coefficient (Wildman–Crippen LogP) is 1.09. The van der Waals surface area contributed by atoms with E-state index in [-0.39, 0.29) is 17.4 Å². The van der Waals surface area contributed by atoms with Crippen LogP contribution in [0.15, 0.2) is 4.52 Å². The van der Waals surface area contributed by atoms with E-state index in [2.05, 4.69) is 10.1 Å². The van der Waals surface area contributed by atoms with E-state index in [4.69, 9.17) is 10.3 Å². The summed E-state index contributed by atoms with van der Waals surface area (Å²) in [5, 5.41) is 4.00. The normalized spacial score (nSPS) is 29.4. The molecule has 1 saturated heterocycles. The summed E-state index contributed by atoms with van der Waals surface area (Å²) in [7, 11) is -2.93. The predicted molar refractivity (Wildman–Crippen MR) is 69.3 cm³/mol. The van der Waals surface area contributed by atoms with E-state index in [1.54, 1.807) is 0 Å². The molecule has 1 atom stereocenters. The molecule has 1 aromatic rings. The van der Waals surface area contributed by atoms with Crippen LogP contribution in [0.5, 0.6) is 0 Å². The highest BCUT2D eigenvalue weighted by Crippen LogP contribution is 2.35. The van der Waals surface area contributed by atoms with Crippen LogP contribution >= 0.6 is 0 Å². The van der Waals surface area contributed by atoms with Crippen LogP contribution < -0.4 is 5.73 Å². The summed E-state index contributed by atoms with van der Waals surface area (Å²) in [6, 6.07) is 0. The molecule has 0 radical (unpaired) electrons. The van der Waals surface area contributed by atoms with Crippen molar-refractivity contribution in [3.63, 3.8) is 0 Å². The maximum Gasteiger partial charge on any atom is 0.230 e. The van der Waals surface area contributed by atoms with E-state index in [9.17, 15) is 8.42 Å². The summed E-state index contributed by atoms with van der Waals surface area (Å²) >= 11 is 0. The second-order valence-corrected chi connectivity index (χ2v) is 8.00. The minimum Gasteiger partial charge on any atom is -0.339 e. The Kier molecular flexibility index (Phi) is 3.13. The highest BCUT2D eigenvalue weighted by molar-refractivity contribution is 7.91. The summed E-state index contributed by atoms with van der Waals surface area (Å²) in [5.74, 6) is 1.16. The zero-order valence-electron chi connectivity index (χ0n) is 10.8. The molecule has 1 aliphatic carbocycles. The molecule has 0 bridgehead atoms. The first-order chi connectivity index (χ1) is 8.99. The van der Waals surface area contributed by atoms with E-state index in [0.29, 0.717) is 18.1 Å². The minimum absolute atomic E-state index is 0.117. The molecule has 19 heavy (non-hydrogen) atoms. The zero-order chi connectivity index (χ0) is 13.5. The average Bonchev–Trinajstić information content (AvgIpc) is 2.96. The molecule has 106 valence electrons. The van der Waals surface area contributed by atoms with Crippen molar-refractivity contribution in [3.8, 4) is 0 Å². The van der Waals surface area contributed by atoms with Crippen LogP contribution in [-0.4, -0.2) is 30.1 Å². The van der Waals surface area contributed by atoms with Gasteiger partial charge in [-0.2, -0.15) is 4.98 Å². The number of nitrogens with two attached hydrogens (primary N) is 1. The smallest absolute Gasteiger partial charge is 0.230 e. The lowest BCUT2D eigenvalue weighted by Crippen LogP contribution is -2.39. The zero-order valence-corrected chi connectivity index (χ0v) is 11.7. The minimum atomic E-state index is -2.93. The van der Waals surface area contributed by atoms with Crippen molar-refractivity contribution in [3.05, 3.63) is 11.7 Å². The number of nitrogens with zero attached hydrogens (tertiary/aromatic N) is 2. The van der Waals surface area contributed by atoms with Gasteiger partial charge in [0.15, 0.2) is 15.7 Å². The summed E-state index contributed by atoms with van der Waals surface area (Å²) in [6.45, 7) is 0. The van der Waals surface area contributed by atoms with E-state index in [0.717, 1.165) is 25.7 Å². The van der Waals surface area contributed by atoms with Crippen LogP contribution in [0.4, 0.5) is 0 Å². The molecule has 0 spiro atoms. The summed E-state index contributed by atoms with van der Waals surface area (Å²) in [6.07, 6.45) is 5.67. The van der Waals surface area contributed by atoms with Gasteiger partial charge in [0.05, 0.1) is 23.0 Å². The number of sulfone groups is 1. The van der Waals surface area contributed by atoms with Crippen LogP contribution in [0.25, 0.3) is 0 Å². The number of hydrogen-bond acceptors (Lipinski definition) is 6. The van der Waals surface area contributed by atoms with Gasteiger partial charge < -0.3 is 10.3 Å². The Morgan fingerprint density at radius 2 is 2.00 bits per heavy atom. The topological polar surface area (TPSA) is 99.1 Å². The Hall–Kier alpha value is -0.950. The number of hydrogen-bond donors (Lipinski definition) is 1. The van der Waals surface area contributed by atoms with Gasteiger partial charge in [0.25, 0.3) is 0 Å². The number of rotatable bonds is 2. The molecule has 3 rings (SSSR count). The molecule has 2 aliphatic rings. The summed E-state index contributed by atoms with van der Waals surface area (Å²) in [4.78, 5) is 4.39. The molecule has 1 aliphatic heterocycles. The van der Waals surface area contributed by atoms with Crippen LogP contribution in [0, 0.1) is 0 Å². The van der Waals surface area contributed by atoms with Crippen LogP contribution in [0.2, 0.25) is 0 Å². The first kappa shape index (κ1) is 13.1. The summed E-state index contributed by atoms with van der Waals surface area (Å²) < 4.78 is 28.2. The Morgan fingerprint density at radius 3 is 2.63 bits per heavy atom. The lowest BCUT2D eigenvalue weighted by atomic mass is 9.82. The molecule has 0 amide bonds. The largest absolute Gasteiger partial charge is 0.339 e. The monoisotopic (exact) mass is 285 g/mol. The Balaban J connectivity index is 1.80. The van der Waals surface area contributed by atoms with Crippen LogP contribution in [0.3, 0.4) is 0 Å². The molecular formula is C12H19N3O3S. The van der Waals surface area contributed by atoms with Crippen molar-refractivity contribution in [1.29, 1.82) is 0 Å². The fourth-order valence-electron chi connectivity index (χ4n) is 3.00. The summed E-state index contributed by atoms with van der Waals surface area (Å²) in [5.41, 5.74) is 5.85. The van der Waals surface area contributed by atoms with E-state index < -0.39 is 15.4 Å². The fraction of sp³-hybridized carbons (Fsp3) is 0.833. The van der Waals surface area contributed by atoms with E-state index in [1.807, 2.05) is 0 Å². The third kappa shape index (κ3) is 2.53. The first-order valence-electron chi connectivity index (χ1n) is 6.82. The standard InChI is InChI=1S/C12H19N3O3S/c13-12(5-2-1-3-6-12)11-14-10(18-15-11)9-4-7-19(16,17)8-9/h9H,1-8,13H2. The Morgan fingerprint density at radius 1 is 1.26 bits per heavy atom. The highest BCUT2D eigenvalue weighted by Gasteiger charge is 2.37. The molecule has 1 saturated carbocycles. The van der Waals surface area contributed by atoms with Gasteiger partial charge in [-0.15, -0.1) is 0 Å². The molecule has 6 nitrogen and oxygen atoms in total. The van der Waals surface area contributed by atoms with Crippen LogP contribution in [-0.2, 0) is 15.4 Å². The Labute approximate surface area is 112 Å². The van der Waals surface area contributed by atoms with Crippen molar-refractivity contribution in [2.24, 2.45) is 5.73 Å². The second-order valence-electron chi connectivity index (χ2n) is 5.77. The van der Waals surface area contributed by atoms with Crippen molar-refractivity contribution < 1.29 is 12.9 Å². The van der Waals surface area contributed by atoms with Crippen molar-refractivity contribution >= 4 is 9.84 Å². The molecule has 1 unspecified atom stereocenters. The molecular weight excluding hydrogens is 266 g/mol. The molecule has 2 N–H and O–H groups in total. The van der Waals surface area contributed by atoms with Gasteiger partial charge in [0, 0.05) is 0 Å². The van der Waals surface area contributed by atoms with Gasteiger partial charge in [-0.05, 0) is 19.3 Å². The first-order valence-corrected chi connectivity index (χ1v) is 8.64. The van der Waals surface area contributed by atoms with E-state index >= 15 is 0 Å². The Bertz CT molecular complexity index is 561. The van der Waals surface area contributed by atoms with Gasteiger partial charge in [-0.1, -0.05) is 24.4 Å².